The van der Waals surface area contributed by atoms with Gasteiger partial charge in [-0.15, -0.1) is 0 Å². The second kappa shape index (κ2) is 10.1. The van der Waals surface area contributed by atoms with E-state index >= 15 is 4.39 Å². The number of ketones is 1. The molecule has 0 spiro atoms. The summed E-state index contributed by atoms with van der Waals surface area (Å²) < 4.78 is 29.7. The van der Waals surface area contributed by atoms with Crippen molar-refractivity contribution in [3.63, 3.8) is 0 Å². The van der Waals surface area contributed by atoms with E-state index in [4.69, 9.17) is 0 Å². The normalized spacial score (nSPS) is 12.3. The van der Waals surface area contributed by atoms with E-state index in [-0.39, 0.29) is 30.4 Å². The molecule has 1 aromatic carbocycles. The maximum Gasteiger partial charge on any atom is 0.432 e. The zero-order valence-corrected chi connectivity index (χ0v) is 15.2. The number of hydrogen-bond donors (Lipinski definition) is 1. The molecule has 0 saturated heterocycles. The predicted octanol–water partition coefficient (Wildman–Crippen LogP) is 2.22. The maximum atomic E-state index is 15.8. The Kier molecular flexibility index (Phi) is 8.18. The third kappa shape index (κ3) is 5.16. The van der Waals surface area contributed by atoms with Crippen molar-refractivity contribution in [2.75, 3.05) is 19.8 Å². The number of alkyl halides is 1. The minimum atomic E-state index is -3.71. The van der Waals surface area contributed by atoms with E-state index in [1.54, 1.807) is 11.5 Å². The molecule has 148 valence electrons. The molecule has 0 aromatic heterocycles. The van der Waals surface area contributed by atoms with Gasteiger partial charge in [0.2, 0.25) is 5.78 Å². The van der Waals surface area contributed by atoms with E-state index < -0.39 is 29.7 Å². The largest absolute Gasteiger partial charge is 0.462 e. The molecule has 0 aliphatic rings. The van der Waals surface area contributed by atoms with Crippen LogP contribution < -0.4 is 5.43 Å². The molecule has 1 aromatic rings. The van der Waals surface area contributed by atoms with Crippen LogP contribution in [0.15, 0.2) is 30.3 Å². The van der Waals surface area contributed by atoms with Gasteiger partial charge in [0.1, 0.15) is 0 Å². The molecule has 0 fully saturated rings. The minimum Gasteiger partial charge on any atom is -0.462 e. The molecule has 0 saturated carbocycles. The van der Waals surface area contributed by atoms with Crippen LogP contribution in [0.3, 0.4) is 0 Å². The van der Waals surface area contributed by atoms with Gasteiger partial charge in [-0.1, -0.05) is 30.3 Å². The number of carbonyl (C=O) groups excluding carboxylic acids is 4. The lowest BCUT2D eigenvalue weighted by atomic mass is 10.0. The summed E-state index contributed by atoms with van der Waals surface area (Å²) in [5.41, 5.74) is 1.51. The Morgan fingerprint density at radius 2 is 1.52 bits per heavy atom. The first kappa shape index (κ1) is 21.9. The van der Waals surface area contributed by atoms with Crippen molar-refractivity contribution in [3.8, 4) is 0 Å². The van der Waals surface area contributed by atoms with Crippen LogP contribution in [0.25, 0.3) is 0 Å². The number of carbonyl (C=O) groups is 4. The summed E-state index contributed by atoms with van der Waals surface area (Å²) in [6.45, 7) is 3.69. The minimum absolute atomic E-state index is 0.103. The van der Waals surface area contributed by atoms with Crippen molar-refractivity contribution in [1.82, 2.24) is 10.4 Å². The Bertz CT molecular complexity index is 683. The lowest BCUT2D eigenvalue weighted by Gasteiger charge is -2.32. The number of hydrogen-bond acceptors (Lipinski definition) is 7. The van der Waals surface area contributed by atoms with Crippen molar-refractivity contribution in [3.05, 3.63) is 35.9 Å². The molecule has 0 heterocycles. The highest BCUT2D eigenvalue weighted by atomic mass is 19.1. The van der Waals surface area contributed by atoms with Crippen LogP contribution in [0.1, 0.15) is 31.1 Å². The number of Topliss-reactive ketones (excluding diaryl/α,β-unsaturated/α-hetero) is 1. The fourth-order valence-corrected chi connectivity index (χ4v) is 1.98. The number of hydrazine groups is 1. The van der Waals surface area contributed by atoms with E-state index in [9.17, 15) is 19.2 Å². The molecule has 0 bridgehead atoms. The van der Waals surface area contributed by atoms with Crippen LogP contribution in [-0.4, -0.2) is 54.6 Å². The third-order valence-electron chi connectivity index (χ3n) is 3.12. The Balaban J connectivity index is 3.44. The third-order valence-corrected chi connectivity index (χ3v) is 3.12. The molecular weight excluding hydrogens is 363 g/mol. The van der Waals surface area contributed by atoms with Gasteiger partial charge in [-0.25, -0.2) is 19.8 Å². The predicted molar refractivity (Wildman–Crippen MR) is 90.3 cm³/mol. The smallest absolute Gasteiger partial charge is 0.432 e. The van der Waals surface area contributed by atoms with Crippen LogP contribution in [-0.2, 0) is 19.0 Å². The lowest BCUT2D eigenvalue weighted by molar-refractivity contribution is -0.166. The van der Waals surface area contributed by atoms with Crippen LogP contribution in [0.2, 0.25) is 0 Å². The van der Waals surface area contributed by atoms with Crippen molar-refractivity contribution in [1.29, 1.82) is 0 Å². The number of nitrogens with zero attached hydrogens (tertiary/aromatic N) is 1. The summed E-state index contributed by atoms with van der Waals surface area (Å²) in [7, 11) is 0. The summed E-state index contributed by atoms with van der Waals surface area (Å²) >= 11 is 0. The lowest BCUT2D eigenvalue weighted by Crippen LogP contribution is -2.65. The number of ether oxygens (including phenoxy) is 3. The van der Waals surface area contributed by atoms with E-state index in [1.165, 1.54) is 45.0 Å². The van der Waals surface area contributed by atoms with Crippen molar-refractivity contribution >= 4 is 23.9 Å². The Hall–Kier alpha value is -3.17. The number of halogens is 1. The van der Waals surface area contributed by atoms with Crippen LogP contribution in [0.5, 0.6) is 0 Å². The molecule has 1 atom stereocenters. The van der Waals surface area contributed by atoms with Crippen LogP contribution in [0.4, 0.5) is 14.0 Å². The summed E-state index contributed by atoms with van der Waals surface area (Å²) in [6, 6.07) is 6.92. The highest BCUT2D eigenvalue weighted by molar-refractivity contribution is 6.16. The van der Waals surface area contributed by atoms with Crippen molar-refractivity contribution in [2.24, 2.45) is 0 Å². The fourth-order valence-electron chi connectivity index (χ4n) is 1.98. The SMILES string of the molecule is CCOC(=O)NN(C(=O)OCC)C(F)(C(=O)OCC)C(=O)c1ccccc1. The summed E-state index contributed by atoms with van der Waals surface area (Å²) in [5, 5.41) is -0.165. The van der Waals surface area contributed by atoms with Gasteiger partial charge in [-0.3, -0.25) is 4.79 Å². The molecule has 1 N–H and O–H groups in total. The van der Waals surface area contributed by atoms with Gasteiger partial charge in [-0.05, 0) is 20.8 Å². The highest BCUT2D eigenvalue weighted by Crippen LogP contribution is 2.25. The van der Waals surface area contributed by atoms with Gasteiger partial charge in [0.05, 0.1) is 19.8 Å². The van der Waals surface area contributed by atoms with E-state index in [1.807, 2.05) is 0 Å². The van der Waals surface area contributed by atoms with Crippen molar-refractivity contribution in [2.45, 2.75) is 26.6 Å². The van der Waals surface area contributed by atoms with Gasteiger partial charge in [0.15, 0.2) is 0 Å². The first-order chi connectivity index (χ1) is 12.8. The zero-order chi connectivity index (χ0) is 20.4. The van der Waals surface area contributed by atoms with Gasteiger partial charge in [0.25, 0.3) is 0 Å². The molecule has 0 aliphatic heterocycles. The van der Waals surface area contributed by atoms with Gasteiger partial charge in [-0.2, -0.15) is 9.40 Å². The molecule has 9 nitrogen and oxygen atoms in total. The van der Waals surface area contributed by atoms with E-state index in [2.05, 4.69) is 14.2 Å². The number of esters is 1. The molecule has 1 rings (SSSR count). The molecule has 27 heavy (non-hydrogen) atoms. The summed E-state index contributed by atoms with van der Waals surface area (Å²) in [4.78, 5) is 49.0. The molecule has 1 unspecified atom stereocenters. The number of benzene rings is 1. The second-order valence-corrected chi connectivity index (χ2v) is 4.90. The molecule has 0 radical (unpaired) electrons. The van der Waals surface area contributed by atoms with Gasteiger partial charge in [0, 0.05) is 5.56 Å². The maximum absolute atomic E-state index is 15.8. The van der Waals surface area contributed by atoms with Crippen LogP contribution >= 0.6 is 0 Å². The average molecular weight is 384 g/mol. The Morgan fingerprint density at radius 3 is 2.04 bits per heavy atom. The summed E-state index contributed by atoms with van der Waals surface area (Å²) in [6.07, 6.45) is -2.75. The Labute approximate surface area is 155 Å². The fraction of sp³-hybridized carbons (Fsp3) is 0.412. The van der Waals surface area contributed by atoms with E-state index in [0.29, 0.717) is 0 Å². The molecule has 10 heteroatoms. The van der Waals surface area contributed by atoms with Crippen LogP contribution in [0, 0.1) is 0 Å². The second-order valence-electron chi connectivity index (χ2n) is 4.90. The number of rotatable bonds is 7. The molecule has 0 aliphatic carbocycles. The highest BCUT2D eigenvalue weighted by Gasteiger charge is 2.58. The van der Waals surface area contributed by atoms with E-state index in [0.717, 1.165) is 0 Å². The molecule has 2 amide bonds. The van der Waals surface area contributed by atoms with Gasteiger partial charge < -0.3 is 14.2 Å². The summed E-state index contributed by atoms with van der Waals surface area (Å²) in [5.74, 6) is -6.83. The number of amides is 2. The first-order valence-electron chi connectivity index (χ1n) is 8.19. The number of nitrogens with one attached hydrogen (secondary N) is 1. The molecular formula is C17H21FN2O7. The zero-order valence-electron chi connectivity index (χ0n) is 15.2. The average Bonchev–Trinajstić information content (AvgIpc) is 2.66. The monoisotopic (exact) mass is 384 g/mol. The standard InChI is InChI=1S/C17H21FN2O7/c1-4-25-14(22)17(18,13(21)12-10-8-7-9-11-12)20(16(24)27-6-3)19-15(23)26-5-2/h7-11H,4-6H2,1-3H3,(H,19,23). The van der Waals surface area contributed by atoms with Gasteiger partial charge >= 0.3 is 23.9 Å². The first-order valence-corrected chi connectivity index (χ1v) is 8.19. The topological polar surface area (TPSA) is 111 Å². The Morgan fingerprint density at radius 1 is 0.963 bits per heavy atom. The quantitative estimate of drug-likeness (QED) is 0.192. The van der Waals surface area contributed by atoms with Crippen molar-refractivity contribution < 1.29 is 37.8 Å².